The van der Waals surface area contributed by atoms with E-state index in [2.05, 4.69) is 15.0 Å². The summed E-state index contributed by atoms with van der Waals surface area (Å²) in [7, 11) is -3.92. The number of thioether (sulfide) groups is 1. The van der Waals surface area contributed by atoms with Crippen molar-refractivity contribution in [2.45, 2.75) is 54.5 Å². The predicted molar refractivity (Wildman–Crippen MR) is 139 cm³/mol. The maximum Gasteiger partial charge on any atom is 0.257 e. The van der Waals surface area contributed by atoms with Crippen molar-refractivity contribution >= 4 is 27.7 Å². The first-order valence-corrected chi connectivity index (χ1v) is 14.6. The van der Waals surface area contributed by atoms with E-state index in [1.807, 2.05) is 0 Å². The third-order valence-corrected chi connectivity index (χ3v) is 8.49. The summed E-state index contributed by atoms with van der Waals surface area (Å²) < 4.78 is 61.7. The summed E-state index contributed by atoms with van der Waals surface area (Å²) in [6, 6.07) is 8.83. The maximum atomic E-state index is 14.0. The molecule has 1 heterocycles. The lowest BCUT2D eigenvalue weighted by Gasteiger charge is -2.29. The lowest BCUT2D eigenvalue weighted by atomic mass is 9.91. The van der Waals surface area contributed by atoms with Crippen molar-refractivity contribution in [1.82, 2.24) is 15.0 Å². The fraction of sp³-hybridized carbons (Fsp3) is 0.308. The number of phenolic OH excluding ortho intramolecular Hbond substituents is 1. The number of nitrogens with zero attached hydrogens (tertiary/aromatic N) is 1. The molecular formula is C26H27F2N3O5S2. The molecular weight excluding hydrogens is 536 g/mol. The minimum absolute atomic E-state index is 0.113. The van der Waals surface area contributed by atoms with Crippen LogP contribution in [-0.2, 0) is 10.0 Å². The molecule has 0 radical (unpaired) electrons. The van der Waals surface area contributed by atoms with Crippen molar-refractivity contribution < 1.29 is 31.8 Å². The number of rotatable bonds is 8. The summed E-state index contributed by atoms with van der Waals surface area (Å²) in [5, 5.41) is 12.8. The number of aryl methyl sites for hydroxylation is 1. The van der Waals surface area contributed by atoms with E-state index in [-0.39, 0.29) is 39.9 Å². The van der Waals surface area contributed by atoms with Crippen LogP contribution in [0.5, 0.6) is 17.4 Å². The van der Waals surface area contributed by atoms with Crippen molar-refractivity contribution in [3.05, 3.63) is 71.4 Å². The summed E-state index contributed by atoms with van der Waals surface area (Å²) in [5.74, 6) is -1.92. The minimum atomic E-state index is -3.92. The Morgan fingerprint density at radius 2 is 1.79 bits per heavy atom. The van der Waals surface area contributed by atoms with Gasteiger partial charge in [0.05, 0.1) is 6.20 Å². The number of aromatic nitrogens is 1. The van der Waals surface area contributed by atoms with Crippen molar-refractivity contribution in [2.75, 3.05) is 6.26 Å². The zero-order chi connectivity index (χ0) is 27.4. The van der Waals surface area contributed by atoms with E-state index in [0.717, 1.165) is 12.3 Å². The predicted octanol–water partition coefficient (Wildman–Crippen LogP) is 4.91. The third kappa shape index (κ3) is 6.61. The Bertz CT molecular complexity index is 1440. The number of pyridine rings is 1. The van der Waals surface area contributed by atoms with Gasteiger partial charge in [-0.1, -0.05) is 6.07 Å². The topological polar surface area (TPSA) is 118 Å². The molecule has 3 N–H and O–H groups in total. The van der Waals surface area contributed by atoms with Crippen LogP contribution in [0.25, 0.3) is 0 Å². The highest BCUT2D eigenvalue weighted by atomic mass is 32.2. The van der Waals surface area contributed by atoms with E-state index in [1.165, 1.54) is 42.1 Å². The average molecular weight is 564 g/mol. The number of carbonyl (C=O) groups is 1. The molecule has 0 unspecified atom stereocenters. The van der Waals surface area contributed by atoms with Crippen molar-refractivity contribution in [3.8, 4) is 17.4 Å². The van der Waals surface area contributed by atoms with Crippen LogP contribution < -0.4 is 14.8 Å². The Kier molecular flexibility index (Phi) is 8.54. The molecule has 8 nitrogen and oxygen atoms in total. The number of benzene rings is 2. The molecule has 1 saturated carbocycles. The molecule has 0 spiro atoms. The van der Waals surface area contributed by atoms with Gasteiger partial charge in [-0.2, -0.15) is 0 Å². The Labute approximate surface area is 223 Å². The van der Waals surface area contributed by atoms with Gasteiger partial charge in [0.15, 0.2) is 0 Å². The Morgan fingerprint density at radius 3 is 2.50 bits per heavy atom. The molecule has 1 amide bonds. The molecule has 1 aliphatic rings. The molecule has 1 aliphatic carbocycles. The van der Waals surface area contributed by atoms with Crippen LogP contribution in [-0.4, -0.2) is 42.8 Å². The molecule has 1 fully saturated rings. The molecule has 3 aromatic rings. The Hall–Kier alpha value is -3.22. The van der Waals surface area contributed by atoms with Gasteiger partial charge in [0.2, 0.25) is 15.9 Å². The van der Waals surface area contributed by atoms with Crippen molar-refractivity contribution in [1.29, 1.82) is 0 Å². The maximum absolute atomic E-state index is 14.0. The number of amides is 1. The van der Waals surface area contributed by atoms with Gasteiger partial charge in [0.25, 0.3) is 5.91 Å². The molecule has 2 aromatic carbocycles. The highest BCUT2D eigenvalue weighted by Gasteiger charge is 2.29. The number of phenols is 1. The second-order valence-corrected chi connectivity index (χ2v) is 11.5. The summed E-state index contributed by atoms with van der Waals surface area (Å²) in [4.78, 5) is 17.1. The van der Waals surface area contributed by atoms with Crippen molar-refractivity contribution in [2.24, 2.45) is 0 Å². The fourth-order valence-corrected chi connectivity index (χ4v) is 6.21. The molecule has 202 valence electrons. The first kappa shape index (κ1) is 27.8. The third-order valence-electron chi connectivity index (χ3n) is 6.19. The second kappa shape index (κ2) is 11.7. The number of aromatic hydroxyl groups is 1. The summed E-state index contributed by atoms with van der Waals surface area (Å²) in [5.41, 5.74) is 0.590. The molecule has 1 aromatic heterocycles. The van der Waals surface area contributed by atoms with Crippen LogP contribution in [0.15, 0.2) is 58.5 Å². The Balaban J connectivity index is 1.39. The van der Waals surface area contributed by atoms with Gasteiger partial charge in [-0.25, -0.2) is 26.9 Å². The van der Waals surface area contributed by atoms with E-state index in [1.54, 1.807) is 19.2 Å². The number of nitrogens with one attached hydrogen (secondary N) is 2. The minimum Gasteiger partial charge on any atom is -0.507 e. The largest absolute Gasteiger partial charge is 0.507 e. The first-order valence-electron chi connectivity index (χ1n) is 11.9. The van der Waals surface area contributed by atoms with Gasteiger partial charge < -0.3 is 15.2 Å². The highest BCUT2D eigenvalue weighted by molar-refractivity contribution is 7.98. The molecule has 0 bridgehead atoms. The number of carbonyl (C=O) groups excluding carboxylic acids is 1. The van der Waals surface area contributed by atoms with Crippen LogP contribution in [0.3, 0.4) is 0 Å². The van der Waals surface area contributed by atoms with Crippen LogP contribution in [0, 0.1) is 18.6 Å². The average Bonchev–Trinajstić information content (AvgIpc) is 2.88. The van der Waals surface area contributed by atoms with E-state index in [0.29, 0.717) is 36.1 Å². The fourth-order valence-electron chi connectivity index (χ4n) is 4.22. The lowest BCUT2D eigenvalue weighted by Crippen LogP contribution is -2.43. The van der Waals surface area contributed by atoms with Crippen molar-refractivity contribution in [3.63, 3.8) is 0 Å². The van der Waals surface area contributed by atoms with Crippen LogP contribution >= 0.6 is 11.8 Å². The Morgan fingerprint density at radius 1 is 1.08 bits per heavy atom. The zero-order valence-corrected chi connectivity index (χ0v) is 22.3. The quantitative estimate of drug-likeness (QED) is 0.334. The second-order valence-electron chi connectivity index (χ2n) is 9.02. The van der Waals surface area contributed by atoms with Gasteiger partial charge in [-0.15, -0.1) is 11.8 Å². The number of halogens is 2. The molecule has 38 heavy (non-hydrogen) atoms. The van der Waals surface area contributed by atoms with E-state index < -0.39 is 27.6 Å². The molecule has 0 aliphatic heterocycles. The lowest BCUT2D eigenvalue weighted by molar-refractivity contribution is 0.0921. The molecule has 12 heteroatoms. The molecule has 0 saturated heterocycles. The van der Waals surface area contributed by atoms with Gasteiger partial charge in [0, 0.05) is 17.0 Å². The summed E-state index contributed by atoms with van der Waals surface area (Å²) >= 11 is 1.19. The van der Waals surface area contributed by atoms with E-state index >= 15 is 0 Å². The highest BCUT2D eigenvalue weighted by Crippen LogP contribution is 2.30. The molecule has 4 rings (SSSR count). The number of hydrogen-bond acceptors (Lipinski definition) is 7. The summed E-state index contributed by atoms with van der Waals surface area (Å²) in [6.07, 6.45) is 4.50. The monoisotopic (exact) mass is 563 g/mol. The standard InChI is InChI=1S/C26H27F2N3O5S2/c1-15-3-10-22(32)24(11-15)38(34,35)31-18-6-4-17(5-7-18)30-25(33)20-12-16(27)14-29-26(20)36-19-8-9-21(28)23(13-19)37-2/h3,8-14,17-18,31-32H,4-7H2,1-2H3,(H,30,33). The van der Waals surface area contributed by atoms with Gasteiger partial charge in [-0.05, 0) is 80.8 Å². The SMILES string of the molecule is CSc1cc(Oc2ncc(F)cc2C(=O)NC2CCC(NS(=O)(=O)c3cc(C)ccc3O)CC2)ccc1F. The number of hydrogen-bond donors (Lipinski definition) is 3. The van der Waals surface area contributed by atoms with Gasteiger partial charge >= 0.3 is 0 Å². The molecule has 0 atom stereocenters. The van der Waals surface area contributed by atoms with Crippen LogP contribution in [0.1, 0.15) is 41.6 Å². The smallest absolute Gasteiger partial charge is 0.257 e. The number of sulfonamides is 1. The van der Waals surface area contributed by atoms with E-state index in [4.69, 9.17) is 4.74 Å². The zero-order valence-electron chi connectivity index (χ0n) is 20.7. The normalized spacial score (nSPS) is 17.7. The van der Waals surface area contributed by atoms with Gasteiger partial charge in [0.1, 0.15) is 33.6 Å². The van der Waals surface area contributed by atoms with Gasteiger partial charge in [-0.3, -0.25) is 4.79 Å². The van der Waals surface area contributed by atoms with Crippen LogP contribution in [0.2, 0.25) is 0 Å². The first-order chi connectivity index (χ1) is 18.1. The summed E-state index contributed by atoms with van der Waals surface area (Å²) in [6.45, 7) is 1.73. The van der Waals surface area contributed by atoms with E-state index in [9.17, 15) is 27.1 Å². The van der Waals surface area contributed by atoms with Crippen LogP contribution in [0.4, 0.5) is 8.78 Å². The number of ether oxygens (including phenoxy) is 1.